The number of hydrogen-bond acceptors (Lipinski definition) is 3. The van der Waals surface area contributed by atoms with Gasteiger partial charge in [0.05, 0.1) is 22.5 Å². The fourth-order valence-corrected chi connectivity index (χ4v) is 2.30. The van der Waals surface area contributed by atoms with Crippen LogP contribution >= 0.6 is 0 Å². The topological polar surface area (TPSA) is 63.4 Å². The predicted octanol–water partition coefficient (Wildman–Crippen LogP) is 2.52. The molecule has 0 aliphatic carbocycles. The number of halogens is 1. The number of fused-ring (bicyclic) bond motifs is 1. The van der Waals surface area contributed by atoms with Crippen molar-refractivity contribution in [1.82, 2.24) is 0 Å². The maximum Gasteiger partial charge on any atom is 0.266 e. The summed E-state index contributed by atoms with van der Waals surface area (Å²) in [5, 5.41) is 0. The molecular weight excluding hydrogens is 259 g/mol. The molecule has 3 rings (SSSR count). The molecule has 0 atom stereocenters. The molecule has 0 radical (unpaired) electrons. The highest BCUT2D eigenvalue weighted by Gasteiger charge is 2.37. The van der Waals surface area contributed by atoms with Crippen molar-refractivity contribution in [3.8, 4) is 0 Å². The van der Waals surface area contributed by atoms with E-state index in [0.29, 0.717) is 11.1 Å². The van der Waals surface area contributed by atoms with Crippen molar-refractivity contribution < 1.29 is 14.0 Å². The number of carbonyl (C=O) groups is 2. The summed E-state index contributed by atoms with van der Waals surface area (Å²) in [5.74, 6) is -1.39. The number of aryl methyl sites for hydroxylation is 1. The minimum atomic E-state index is -0.515. The van der Waals surface area contributed by atoms with E-state index >= 15 is 0 Å². The first-order valence-corrected chi connectivity index (χ1v) is 6.03. The van der Waals surface area contributed by atoms with Gasteiger partial charge in [-0.1, -0.05) is 11.6 Å². The second-order valence-electron chi connectivity index (χ2n) is 4.70. The van der Waals surface area contributed by atoms with Crippen LogP contribution in [0.3, 0.4) is 0 Å². The summed E-state index contributed by atoms with van der Waals surface area (Å²) in [4.78, 5) is 25.6. The van der Waals surface area contributed by atoms with Gasteiger partial charge in [0.2, 0.25) is 0 Å². The van der Waals surface area contributed by atoms with Crippen molar-refractivity contribution in [2.45, 2.75) is 6.92 Å². The molecular formula is C15H11FN2O2. The molecule has 4 nitrogen and oxygen atoms in total. The second kappa shape index (κ2) is 4.16. The summed E-state index contributed by atoms with van der Waals surface area (Å²) in [6.07, 6.45) is 0. The van der Waals surface area contributed by atoms with Crippen molar-refractivity contribution in [3.05, 3.63) is 58.9 Å². The maximum atomic E-state index is 13.1. The van der Waals surface area contributed by atoms with Gasteiger partial charge < -0.3 is 5.73 Å². The molecule has 1 aliphatic heterocycles. The summed E-state index contributed by atoms with van der Waals surface area (Å²) in [6.45, 7) is 1.84. The second-order valence-corrected chi connectivity index (χ2v) is 4.70. The SMILES string of the molecule is Cc1ccc2c(c1)C(=O)N(c1ccc(F)cc1N)C2=O. The van der Waals surface area contributed by atoms with Gasteiger partial charge >= 0.3 is 0 Å². The van der Waals surface area contributed by atoms with E-state index in [2.05, 4.69) is 0 Å². The lowest BCUT2D eigenvalue weighted by molar-refractivity contribution is 0.0926. The number of nitrogens with two attached hydrogens (primary N) is 1. The van der Waals surface area contributed by atoms with Crippen LogP contribution in [0.4, 0.5) is 15.8 Å². The lowest BCUT2D eigenvalue weighted by atomic mass is 10.1. The number of carbonyl (C=O) groups excluding carboxylic acids is 2. The normalized spacial score (nSPS) is 13.8. The Morgan fingerprint density at radius 2 is 1.70 bits per heavy atom. The Balaban J connectivity index is 2.14. The van der Waals surface area contributed by atoms with Gasteiger partial charge in [-0.2, -0.15) is 0 Å². The van der Waals surface area contributed by atoms with Crippen molar-refractivity contribution in [3.63, 3.8) is 0 Å². The monoisotopic (exact) mass is 270 g/mol. The van der Waals surface area contributed by atoms with E-state index in [4.69, 9.17) is 5.73 Å². The molecule has 0 fully saturated rings. The van der Waals surface area contributed by atoms with E-state index in [-0.39, 0.29) is 11.4 Å². The highest BCUT2D eigenvalue weighted by Crippen LogP contribution is 2.32. The molecule has 2 aromatic rings. The van der Waals surface area contributed by atoms with Crippen LogP contribution in [0.15, 0.2) is 36.4 Å². The summed E-state index contributed by atoms with van der Waals surface area (Å²) in [7, 11) is 0. The van der Waals surface area contributed by atoms with Crippen molar-refractivity contribution >= 4 is 23.2 Å². The summed E-state index contributed by atoms with van der Waals surface area (Å²) in [6, 6.07) is 8.63. The standard InChI is InChI=1S/C15H11FN2O2/c1-8-2-4-10-11(6-8)15(20)18(14(10)19)13-5-3-9(16)7-12(13)17/h2-7H,17H2,1H3. The fourth-order valence-electron chi connectivity index (χ4n) is 2.30. The molecule has 0 saturated carbocycles. The number of amides is 2. The molecule has 1 heterocycles. The van der Waals surface area contributed by atoms with Gasteiger partial charge in [-0.25, -0.2) is 9.29 Å². The average Bonchev–Trinajstić information content (AvgIpc) is 2.63. The quantitative estimate of drug-likeness (QED) is 0.639. The lowest BCUT2D eigenvalue weighted by Crippen LogP contribution is -2.30. The van der Waals surface area contributed by atoms with Crippen LogP contribution in [0.1, 0.15) is 26.3 Å². The van der Waals surface area contributed by atoms with E-state index in [9.17, 15) is 14.0 Å². The number of imide groups is 1. The van der Waals surface area contributed by atoms with Gasteiger partial charge in [-0.15, -0.1) is 0 Å². The first-order chi connectivity index (χ1) is 9.49. The Bertz CT molecular complexity index is 756. The van der Waals surface area contributed by atoms with Crippen LogP contribution in [0.5, 0.6) is 0 Å². The minimum Gasteiger partial charge on any atom is -0.397 e. The molecule has 0 saturated heterocycles. The van der Waals surface area contributed by atoms with Gasteiger partial charge in [0, 0.05) is 0 Å². The molecule has 0 bridgehead atoms. The van der Waals surface area contributed by atoms with Gasteiger partial charge in [-0.3, -0.25) is 9.59 Å². The number of rotatable bonds is 1. The van der Waals surface area contributed by atoms with Crippen LogP contribution in [-0.4, -0.2) is 11.8 Å². The van der Waals surface area contributed by atoms with Crippen LogP contribution in [0.2, 0.25) is 0 Å². The summed E-state index contributed by atoms with van der Waals surface area (Å²) in [5.41, 5.74) is 7.53. The highest BCUT2D eigenvalue weighted by molar-refractivity contribution is 6.35. The number of nitrogens with zero attached hydrogens (tertiary/aromatic N) is 1. The molecule has 5 heteroatoms. The third-order valence-electron chi connectivity index (χ3n) is 3.27. The van der Waals surface area contributed by atoms with Crippen molar-refractivity contribution in [2.24, 2.45) is 0 Å². The zero-order valence-corrected chi connectivity index (χ0v) is 10.7. The molecule has 2 N–H and O–H groups in total. The lowest BCUT2D eigenvalue weighted by Gasteiger charge is -2.16. The van der Waals surface area contributed by atoms with E-state index in [1.54, 1.807) is 18.2 Å². The molecule has 100 valence electrons. The predicted molar refractivity (Wildman–Crippen MR) is 73.1 cm³/mol. The summed E-state index contributed by atoms with van der Waals surface area (Å²) >= 11 is 0. The zero-order valence-electron chi connectivity index (χ0n) is 10.7. The Hall–Kier alpha value is -2.69. The largest absolute Gasteiger partial charge is 0.397 e. The zero-order chi connectivity index (χ0) is 14.4. The molecule has 0 aromatic heterocycles. The van der Waals surface area contributed by atoms with E-state index in [1.165, 1.54) is 12.1 Å². The first kappa shape index (κ1) is 12.3. The van der Waals surface area contributed by atoms with Crippen LogP contribution in [-0.2, 0) is 0 Å². The van der Waals surface area contributed by atoms with Gasteiger partial charge in [0.25, 0.3) is 11.8 Å². The van der Waals surface area contributed by atoms with Gasteiger partial charge in [0.15, 0.2) is 0 Å². The molecule has 20 heavy (non-hydrogen) atoms. The van der Waals surface area contributed by atoms with Crippen LogP contribution in [0, 0.1) is 12.7 Å². The fraction of sp³-hybridized carbons (Fsp3) is 0.0667. The number of benzene rings is 2. The summed E-state index contributed by atoms with van der Waals surface area (Å²) < 4.78 is 13.1. The minimum absolute atomic E-state index is 0.0521. The molecule has 0 spiro atoms. The van der Waals surface area contributed by atoms with Gasteiger partial charge in [-0.05, 0) is 37.3 Å². The van der Waals surface area contributed by atoms with E-state index < -0.39 is 17.6 Å². The number of anilines is 2. The average molecular weight is 270 g/mol. The Kier molecular flexibility index (Phi) is 2.57. The number of hydrogen-bond donors (Lipinski definition) is 1. The van der Waals surface area contributed by atoms with Crippen LogP contribution in [0.25, 0.3) is 0 Å². The maximum absolute atomic E-state index is 13.1. The highest BCUT2D eigenvalue weighted by atomic mass is 19.1. The third kappa shape index (κ3) is 1.67. The molecule has 2 aromatic carbocycles. The molecule has 1 aliphatic rings. The Labute approximate surface area is 114 Å². The Morgan fingerprint density at radius 3 is 2.40 bits per heavy atom. The molecule has 2 amide bonds. The Morgan fingerprint density at radius 1 is 1.00 bits per heavy atom. The van der Waals surface area contributed by atoms with Crippen molar-refractivity contribution in [2.75, 3.05) is 10.6 Å². The number of nitrogen functional groups attached to an aromatic ring is 1. The van der Waals surface area contributed by atoms with E-state index in [0.717, 1.165) is 16.5 Å². The van der Waals surface area contributed by atoms with Crippen LogP contribution < -0.4 is 10.6 Å². The molecule has 0 unspecified atom stereocenters. The third-order valence-corrected chi connectivity index (χ3v) is 3.27. The first-order valence-electron chi connectivity index (χ1n) is 6.03. The smallest absolute Gasteiger partial charge is 0.266 e. The van der Waals surface area contributed by atoms with E-state index in [1.807, 2.05) is 6.92 Å². The van der Waals surface area contributed by atoms with Gasteiger partial charge in [0.1, 0.15) is 5.82 Å². The van der Waals surface area contributed by atoms with Crippen molar-refractivity contribution in [1.29, 1.82) is 0 Å².